The van der Waals surface area contributed by atoms with Crippen LogP contribution in [0.25, 0.3) is 0 Å². The Labute approximate surface area is 101 Å². The fourth-order valence-corrected chi connectivity index (χ4v) is 1.52. The fourth-order valence-electron chi connectivity index (χ4n) is 1.27. The first-order valence-corrected chi connectivity index (χ1v) is 5.59. The normalized spacial score (nSPS) is 9.88. The van der Waals surface area contributed by atoms with E-state index in [4.69, 9.17) is 21.7 Å². The Bertz CT molecular complexity index is 363. The Morgan fingerprint density at radius 3 is 2.81 bits per heavy atom. The minimum Gasteiger partial charge on any atom is -0.504 e. The molecular formula is C12H16O3S. The van der Waals surface area contributed by atoms with Crippen LogP contribution in [0.3, 0.4) is 0 Å². The topological polar surface area (TPSA) is 38.7 Å². The third-order valence-electron chi connectivity index (χ3n) is 2.06. The van der Waals surface area contributed by atoms with Gasteiger partial charge in [-0.05, 0) is 36.3 Å². The van der Waals surface area contributed by atoms with Crippen LogP contribution in [0.5, 0.6) is 11.5 Å². The van der Waals surface area contributed by atoms with Gasteiger partial charge in [0.1, 0.15) is 0 Å². The summed E-state index contributed by atoms with van der Waals surface area (Å²) in [6, 6.07) is 5.16. The number of phenols is 1. The zero-order valence-electron chi connectivity index (χ0n) is 9.53. The van der Waals surface area contributed by atoms with Gasteiger partial charge < -0.3 is 14.6 Å². The highest BCUT2D eigenvalue weighted by Gasteiger charge is 2.05. The van der Waals surface area contributed by atoms with Crippen LogP contribution in [0.4, 0.5) is 0 Å². The van der Waals surface area contributed by atoms with Crippen LogP contribution in [-0.2, 0) is 11.2 Å². The molecule has 0 aliphatic heterocycles. The maximum atomic E-state index is 9.42. The van der Waals surface area contributed by atoms with Crippen molar-refractivity contribution in [2.75, 3.05) is 13.7 Å². The van der Waals surface area contributed by atoms with Crippen LogP contribution in [-0.4, -0.2) is 23.9 Å². The van der Waals surface area contributed by atoms with Crippen molar-refractivity contribution < 1.29 is 14.6 Å². The maximum Gasteiger partial charge on any atom is 0.164 e. The molecule has 0 bridgehead atoms. The van der Waals surface area contributed by atoms with E-state index >= 15 is 0 Å². The minimum absolute atomic E-state index is 0.131. The average molecular weight is 240 g/mol. The van der Waals surface area contributed by atoms with Gasteiger partial charge in [-0.15, -0.1) is 0 Å². The van der Waals surface area contributed by atoms with E-state index in [1.165, 1.54) is 7.11 Å². The third kappa shape index (κ3) is 3.70. The van der Waals surface area contributed by atoms with E-state index in [0.29, 0.717) is 23.8 Å². The Balaban J connectivity index is 2.63. The third-order valence-corrected chi connectivity index (χ3v) is 2.32. The second-order valence-corrected chi connectivity index (χ2v) is 3.86. The van der Waals surface area contributed by atoms with Crippen LogP contribution in [0.2, 0.25) is 0 Å². The van der Waals surface area contributed by atoms with Gasteiger partial charge >= 0.3 is 0 Å². The zero-order chi connectivity index (χ0) is 12.0. The summed E-state index contributed by atoms with van der Waals surface area (Å²) in [4.78, 5) is 0. The number of hydrogen-bond donors (Lipinski definition) is 1. The number of phenolic OH excluding ortho intramolecular Hbond substituents is 1. The van der Waals surface area contributed by atoms with Gasteiger partial charge in [-0.2, -0.15) is 0 Å². The average Bonchev–Trinajstić information content (AvgIpc) is 2.29. The van der Waals surface area contributed by atoms with Gasteiger partial charge in [0.15, 0.2) is 16.5 Å². The number of ether oxygens (including phenoxy) is 2. The number of thiocarbonyl (C=S) groups is 1. The van der Waals surface area contributed by atoms with Crippen molar-refractivity contribution in [1.82, 2.24) is 0 Å². The lowest BCUT2D eigenvalue weighted by molar-refractivity contribution is 0.306. The molecule has 0 aliphatic rings. The van der Waals surface area contributed by atoms with Crippen LogP contribution in [0.15, 0.2) is 18.2 Å². The summed E-state index contributed by atoms with van der Waals surface area (Å²) in [7, 11) is 1.52. The lowest BCUT2D eigenvalue weighted by atomic mass is 10.1. The van der Waals surface area contributed by atoms with Crippen molar-refractivity contribution in [3.8, 4) is 11.5 Å². The molecule has 0 heterocycles. The van der Waals surface area contributed by atoms with E-state index in [1.54, 1.807) is 18.2 Å². The Kier molecular flexibility index (Phi) is 5.05. The molecule has 0 aliphatic carbocycles. The predicted molar refractivity (Wildman–Crippen MR) is 67.2 cm³/mol. The standard InChI is InChI=1S/C12H16O3S/c1-3-6-15-12(16)8-9-4-5-10(13)11(7-9)14-2/h4-5,7,13H,3,6,8H2,1-2H3. The summed E-state index contributed by atoms with van der Waals surface area (Å²) in [5.41, 5.74) is 0.968. The van der Waals surface area contributed by atoms with Gasteiger partial charge in [0, 0.05) is 6.42 Å². The van der Waals surface area contributed by atoms with E-state index in [0.717, 1.165) is 12.0 Å². The molecule has 0 aromatic heterocycles. The molecule has 0 spiro atoms. The molecule has 1 aromatic rings. The van der Waals surface area contributed by atoms with Crippen molar-refractivity contribution in [3.63, 3.8) is 0 Å². The molecule has 88 valence electrons. The second-order valence-electron chi connectivity index (χ2n) is 3.40. The summed E-state index contributed by atoms with van der Waals surface area (Å²) in [6.45, 7) is 2.68. The molecule has 0 amide bonds. The number of hydrogen-bond acceptors (Lipinski definition) is 4. The fraction of sp³-hybridized carbons (Fsp3) is 0.417. The van der Waals surface area contributed by atoms with Gasteiger partial charge in [0.05, 0.1) is 13.7 Å². The van der Waals surface area contributed by atoms with E-state index in [-0.39, 0.29) is 5.75 Å². The molecule has 3 nitrogen and oxygen atoms in total. The minimum atomic E-state index is 0.131. The largest absolute Gasteiger partial charge is 0.504 e. The van der Waals surface area contributed by atoms with Crippen molar-refractivity contribution >= 4 is 17.3 Å². The highest BCUT2D eigenvalue weighted by molar-refractivity contribution is 7.80. The first-order valence-electron chi connectivity index (χ1n) is 5.19. The predicted octanol–water partition coefficient (Wildman–Crippen LogP) is 2.70. The second kappa shape index (κ2) is 6.33. The molecule has 0 fully saturated rings. The molecule has 1 aromatic carbocycles. The van der Waals surface area contributed by atoms with Crippen molar-refractivity contribution in [2.24, 2.45) is 0 Å². The highest BCUT2D eigenvalue weighted by Crippen LogP contribution is 2.26. The number of methoxy groups -OCH3 is 1. The first-order chi connectivity index (χ1) is 7.67. The SMILES string of the molecule is CCCOC(=S)Cc1ccc(O)c(OC)c1. The zero-order valence-corrected chi connectivity index (χ0v) is 10.3. The van der Waals surface area contributed by atoms with Crippen LogP contribution < -0.4 is 4.74 Å². The molecule has 0 saturated carbocycles. The van der Waals surface area contributed by atoms with Crippen LogP contribution in [0.1, 0.15) is 18.9 Å². The van der Waals surface area contributed by atoms with Crippen molar-refractivity contribution in [2.45, 2.75) is 19.8 Å². The lowest BCUT2D eigenvalue weighted by Gasteiger charge is -2.08. The maximum absolute atomic E-state index is 9.42. The summed E-state index contributed by atoms with van der Waals surface area (Å²) < 4.78 is 10.3. The van der Waals surface area contributed by atoms with Gasteiger partial charge in [-0.25, -0.2) is 0 Å². The molecule has 16 heavy (non-hydrogen) atoms. The number of benzene rings is 1. The first kappa shape index (κ1) is 12.8. The lowest BCUT2D eigenvalue weighted by Crippen LogP contribution is -2.06. The Morgan fingerprint density at radius 1 is 1.44 bits per heavy atom. The monoisotopic (exact) mass is 240 g/mol. The molecule has 1 N–H and O–H groups in total. The van der Waals surface area contributed by atoms with Crippen LogP contribution >= 0.6 is 12.2 Å². The smallest absolute Gasteiger partial charge is 0.164 e. The van der Waals surface area contributed by atoms with Gasteiger partial charge in [0.2, 0.25) is 0 Å². The van der Waals surface area contributed by atoms with Gasteiger partial charge in [-0.3, -0.25) is 0 Å². The van der Waals surface area contributed by atoms with Gasteiger partial charge in [0.25, 0.3) is 0 Å². The van der Waals surface area contributed by atoms with Gasteiger partial charge in [-0.1, -0.05) is 13.0 Å². The molecule has 4 heteroatoms. The molecule has 1 rings (SSSR count). The van der Waals surface area contributed by atoms with Crippen molar-refractivity contribution in [3.05, 3.63) is 23.8 Å². The Hall–Kier alpha value is -1.29. The quantitative estimate of drug-likeness (QED) is 0.803. The van der Waals surface area contributed by atoms with Crippen LogP contribution in [0, 0.1) is 0 Å². The summed E-state index contributed by atoms with van der Waals surface area (Å²) in [5.74, 6) is 0.586. The summed E-state index contributed by atoms with van der Waals surface area (Å²) in [6.07, 6.45) is 1.50. The molecule has 0 unspecified atom stereocenters. The van der Waals surface area contributed by atoms with E-state index in [9.17, 15) is 5.11 Å². The molecule has 0 atom stereocenters. The van der Waals surface area contributed by atoms with E-state index in [1.807, 2.05) is 6.92 Å². The van der Waals surface area contributed by atoms with Crippen molar-refractivity contribution in [1.29, 1.82) is 0 Å². The molecule has 0 radical (unpaired) electrons. The molecule has 0 saturated heterocycles. The molecular weight excluding hydrogens is 224 g/mol. The Morgan fingerprint density at radius 2 is 2.19 bits per heavy atom. The van der Waals surface area contributed by atoms with E-state index in [2.05, 4.69) is 0 Å². The summed E-state index contributed by atoms with van der Waals surface area (Å²) in [5, 5.41) is 9.99. The highest BCUT2D eigenvalue weighted by atomic mass is 32.1. The number of aromatic hydroxyl groups is 1. The van der Waals surface area contributed by atoms with E-state index < -0.39 is 0 Å². The summed E-state index contributed by atoms with van der Waals surface area (Å²) >= 11 is 5.09. The number of rotatable bonds is 5.